The lowest BCUT2D eigenvalue weighted by Crippen LogP contribution is -2.42. The summed E-state index contributed by atoms with van der Waals surface area (Å²) < 4.78 is 10.9. The second-order valence-electron chi connectivity index (χ2n) is 8.37. The van der Waals surface area contributed by atoms with Crippen molar-refractivity contribution in [1.29, 1.82) is 5.26 Å². The predicted molar refractivity (Wildman–Crippen MR) is 79.5 cm³/mol. The topological polar surface area (TPSA) is 59.3 Å². The lowest BCUT2D eigenvalue weighted by atomic mass is 9.68. The Bertz CT molecular complexity index is 570. The fraction of sp³-hybridized carbons (Fsp3) is 0.778. The molecule has 0 saturated heterocycles. The van der Waals surface area contributed by atoms with E-state index in [4.69, 9.17) is 9.47 Å². The van der Waals surface area contributed by atoms with Crippen LogP contribution in [0.25, 0.3) is 0 Å². The Balaban J connectivity index is 1.53. The van der Waals surface area contributed by atoms with Gasteiger partial charge in [0.25, 0.3) is 0 Å². The highest BCUT2D eigenvalue weighted by atomic mass is 16.7. The molecule has 8 unspecified atom stereocenters. The number of carbonyl (C=O) groups is 1. The summed E-state index contributed by atoms with van der Waals surface area (Å²) in [7, 11) is 0. The Morgan fingerprint density at radius 1 is 1.14 bits per heavy atom. The number of fused-ring (bicyclic) bond motifs is 9. The van der Waals surface area contributed by atoms with E-state index < -0.39 is 11.8 Å². The third-order valence-corrected chi connectivity index (χ3v) is 6.12. The zero-order valence-electron chi connectivity index (χ0n) is 13.4. The second-order valence-corrected chi connectivity index (χ2v) is 8.37. The maximum absolute atomic E-state index is 12.0. The molecule has 0 heterocycles. The molecule has 8 atom stereocenters. The molecule has 0 aromatic rings. The molecule has 22 heavy (non-hydrogen) atoms. The smallest absolute Gasteiger partial charge is 0.429 e. The van der Waals surface area contributed by atoms with Crippen molar-refractivity contribution in [2.45, 2.75) is 45.3 Å². The third-order valence-electron chi connectivity index (χ3n) is 6.12. The number of nitrogens with zero attached hydrogens (tertiary/aromatic N) is 1. The van der Waals surface area contributed by atoms with Gasteiger partial charge in [-0.15, -0.1) is 0 Å². The Labute approximate surface area is 131 Å². The van der Waals surface area contributed by atoms with Crippen molar-refractivity contribution in [3.8, 4) is 6.07 Å². The standard InChI is InChI=1S/C18H23NO3/c1-18(2,3)22-17(20)21-16-12-7-11(13(16)8-19)14-9-4-5-10(6-9)15(12)14/h4-5,9-16H,6-7H2,1-3H3. The van der Waals surface area contributed by atoms with Gasteiger partial charge in [-0.05, 0) is 63.2 Å². The van der Waals surface area contributed by atoms with Crippen LogP contribution < -0.4 is 0 Å². The van der Waals surface area contributed by atoms with E-state index >= 15 is 0 Å². The number of allylic oxidation sites excluding steroid dienone is 2. The third kappa shape index (κ3) is 1.91. The highest BCUT2D eigenvalue weighted by molar-refractivity contribution is 5.61. The predicted octanol–water partition coefficient (Wildman–Crippen LogP) is 3.53. The molecule has 4 rings (SSSR count). The number of rotatable bonds is 1. The van der Waals surface area contributed by atoms with Crippen molar-refractivity contribution in [1.82, 2.24) is 0 Å². The first-order chi connectivity index (χ1) is 10.4. The number of nitriles is 1. The molecule has 0 amide bonds. The molecular weight excluding hydrogens is 278 g/mol. The van der Waals surface area contributed by atoms with Crippen LogP contribution in [0.15, 0.2) is 12.2 Å². The molecule has 4 nitrogen and oxygen atoms in total. The molecule has 4 bridgehead atoms. The minimum Gasteiger partial charge on any atom is -0.429 e. The van der Waals surface area contributed by atoms with E-state index in [1.807, 2.05) is 20.8 Å². The number of carbonyl (C=O) groups excluding carboxylic acids is 1. The van der Waals surface area contributed by atoms with Crippen LogP contribution in [0, 0.1) is 52.8 Å². The maximum atomic E-state index is 12.0. The van der Waals surface area contributed by atoms with E-state index in [2.05, 4.69) is 18.2 Å². The van der Waals surface area contributed by atoms with Gasteiger partial charge >= 0.3 is 6.16 Å². The van der Waals surface area contributed by atoms with Crippen LogP contribution in [0.4, 0.5) is 4.79 Å². The van der Waals surface area contributed by atoms with Crippen molar-refractivity contribution in [3.05, 3.63) is 12.2 Å². The van der Waals surface area contributed by atoms with Crippen LogP contribution in [-0.2, 0) is 9.47 Å². The van der Waals surface area contributed by atoms with Gasteiger partial charge in [0, 0.05) is 5.92 Å². The number of hydrogen-bond acceptors (Lipinski definition) is 4. The fourth-order valence-corrected chi connectivity index (χ4v) is 5.70. The Morgan fingerprint density at radius 2 is 1.77 bits per heavy atom. The molecule has 0 radical (unpaired) electrons. The minimum atomic E-state index is -0.624. The molecule has 0 spiro atoms. The van der Waals surface area contributed by atoms with Gasteiger partial charge in [-0.2, -0.15) is 5.26 Å². The van der Waals surface area contributed by atoms with Crippen LogP contribution >= 0.6 is 0 Å². The molecule has 4 aliphatic carbocycles. The average molecular weight is 301 g/mol. The van der Waals surface area contributed by atoms with Gasteiger partial charge in [0.2, 0.25) is 0 Å². The van der Waals surface area contributed by atoms with Crippen molar-refractivity contribution in [2.24, 2.45) is 41.4 Å². The first-order valence-corrected chi connectivity index (χ1v) is 8.36. The SMILES string of the molecule is CC(C)(C)OC(=O)OC1C(C#N)C2CC1C1C3C=CC(C3)C21. The summed E-state index contributed by atoms with van der Waals surface area (Å²) in [5, 5.41) is 9.59. The van der Waals surface area contributed by atoms with E-state index in [0.29, 0.717) is 35.5 Å². The molecule has 3 saturated carbocycles. The summed E-state index contributed by atoms with van der Waals surface area (Å²) in [6.45, 7) is 5.48. The van der Waals surface area contributed by atoms with E-state index in [1.165, 1.54) is 6.42 Å². The summed E-state index contributed by atoms with van der Waals surface area (Å²) >= 11 is 0. The van der Waals surface area contributed by atoms with Crippen LogP contribution in [0.1, 0.15) is 33.6 Å². The largest absolute Gasteiger partial charge is 0.509 e. The molecular formula is C18H23NO3. The normalized spacial score (nSPS) is 47.4. The molecule has 0 aliphatic heterocycles. The molecule has 4 aliphatic rings. The summed E-state index contributed by atoms with van der Waals surface area (Å²) in [5.41, 5.74) is -0.561. The minimum absolute atomic E-state index is 0.161. The maximum Gasteiger partial charge on any atom is 0.509 e. The molecule has 3 fully saturated rings. The zero-order chi connectivity index (χ0) is 15.6. The van der Waals surface area contributed by atoms with Gasteiger partial charge < -0.3 is 9.47 Å². The Morgan fingerprint density at radius 3 is 2.36 bits per heavy atom. The monoisotopic (exact) mass is 301 g/mol. The van der Waals surface area contributed by atoms with Gasteiger partial charge in [0.15, 0.2) is 0 Å². The summed E-state index contributed by atoms with van der Waals surface area (Å²) in [6, 6.07) is 2.43. The van der Waals surface area contributed by atoms with Crippen LogP contribution in [-0.4, -0.2) is 17.9 Å². The first kappa shape index (κ1) is 14.1. The summed E-state index contributed by atoms with van der Waals surface area (Å²) in [5.74, 6) is 3.11. The van der Waals surface area contributed by atoms with Crippen molar-refractivity contribution >= 4 is 6.16 Å². The zero-order valence-corrected chi connectivity index (χ0v) is 13.4. The van der Waals surface area contributed by atoms with Crippen LogP contribution in [0.3, 0.4) is 0 Å². The van der Waals surface area contributed by atoms with Crippen LogP contribution in [0.2, 0.25) is 0 Å². The first-order valence-electron chi connectivity index (χ1n) is 8.36. The van der Waals surface area contributed by atoms with Gasteiger partial charge in [-0.1, -0.05) is 12.2 Å². The quantitative estimate of drug-likeness (QED) is 0.422. The lowest BCUT2D eigenvalue weighted by Gasteiger charge is -2.38. The summed E-state index contributed by atoms with van der Waals surface area (Å²) in [6.07, 6.45) is 6.07. The van der Waals surface area contributed by atoms with Gasteiger partial charge in [0.05, 0.1) is 12.0 Å². The van der Waals surface area contributed by atoms with Gasteiger partial charge in [-0.25, -0.2) is 4.79 Å². The van der Waals surface area contributed by atoms with E-state index in [9.17, 15) is 10.1 Å². The second kappa shape index (κ2) is 4.50. The molecule has 0 N–H and O–H groups in total. The van der Waals surface area contributed by atoms with Crippen LogP contribution in [0.5, 0.6) is 0 Å². The van der Waals surface area contributed by atoms with Gasteiger partial charge in [0.1, 0.15) is 11.7 Å². The molecule has 4 heteroatoms. The van der Waals surface area contributed by atoms with E-state index in [1.54, 1.807) is 0 Å². The molecule has 0 aromatic carbocycles. The Hall–Kier alpha value is -1.50. The number of hydrogen-bond donors (Lipinski definition) is 0. The van der Waals surface area contributed by atoms with Crippen molar-refractivity contribution in [3.63, 3.8) is 0 Å². The van der Waals surface area contributed by atoms with Crippen molar-refractivity contribution < 1.29 is 14.3 Å². The van der Waals surface area contributed by atoms with E-state index in [0.717, 1.165) is 6.42 Å². The highest BCUT2D eigenvalue weighted by Gasteiger charge is 2.66. The Kier molecular flexibility index (Phi) is 2.89. The fourth-order valence-electron chi connectivity index (χ4n) is 5.70. The van der Waals surface area contributed by atoms with Crippen molar-refractivity contribution in [2.75, 3.05) is 0 Å². The number of ether oxygens (including phenoxy) is 2. The molecule has 118 valence electrons. The molecule has 0 aromatic heterocycles. The average Bonchev–Trinajstić information content (AvgIpc) is 3.13. The summed E-state index contributed by atoms with van der Waals surface area (Å²) in [4.78, 5) is 12.0. The van der Waals surface area contributed by atoms with Gasteiger partial charge in [-0.3, -0.25) is 0 Å². The highest BCUT2D eigenvalue weighted by Crippen LogP contribution is 2.67. The van der Waals surface area contributed by atoms with E-state index in [-0.39, 0.29) is 12.0 Å². The lowest BCUT2D eigenvalue weighted by molar-refractivity contribution is -0.0609.